The molecule has 2 heteroatoms. The molecule has 56 valence electrons. The van der Waals surface area contributed by atoms with Gasteiger partial charge in [0.2, 0.25) is 0 Å². The third-order valence-corrected chi connectivity index (χ3v) is 1.59. The summed E-state index contributed by atoms with van der Waals surface area (Å²) in [6, 6.07) is 0. The number of allylic oxidation sites excluding steroid dienone is 2. The molecule has 0 spiro atoms. The molecule has 1 aliphatic rings. The van der Waals surface area contributed by atoms with E-state index in [0.29, 0.717) is 5.92 Å². The van der Waals surface area contributed by atoms with Gasteiger partial charge in [-0.05, 0) is 17.6 Å². The van der Waals surface area contributed by atoms with Gasteiger partial charge in [-0.25, -0.2) is 0 Å². The Bertz CT molecular complexity index is 170. The Hall–Kier alpha value is -0.760. The minimum atomic E-state index is -0.231. The van der Waals surface area contributed by atoms with Gasteiger partial charge in [-0.3, -0.25) is 5.73 Å². The Labute approximate surface area is 61.4 Å². The zero-order valence-corrected chi connectivity index (χ0v) is 6.37. The molecule has 2 N–H and O–H groups in total. The summed E-state index contributed by atoms with van der Waals surface area (Å²) in [6.07, 6.45) is 5.28. The largest absolute Gasteiger partial charge is 0.479 e. The molecule has 0 aromatic carbocycles. The molecule has 1 unspecified atom stereocenters. The number of ether oxygens (including phenoxy) is 1. The van der Waals surface area contributed by atoms with Gasteiger partial charge in [0.05, 0.1) is 6.26 Å². The molecular formula is C8H13NO. The summed E-state index contributed by atoms with van der Waals surface area (Å²) < 4.78 is 5.08. The number of rotatable bonds is 1. The van der Waals surface area contributed by atoms with E-state index >= 15 is 0 Å². The van der Waals surface area contributed by atoms with E-state index in [4.69, 9.17) is 10.5 Å². The molecule has 1 atom stereocenters. The fourth-order valence-corrected chi connectivity index (χ4v) is 0.975. The molecule has 0 aliphatic carbocycles. The molecule has 0 bridgehead atoms. The maximum Gasteiger partial charge on any atom is 0.169 e. The molecule has 0 amide bonds. The lowest BCUT2D eigenvalue weighted by Gasteiger charge is -2.20. The lowest BCUT2D eigenvalue weighted by atomic mass is 10.0. The SMILES string of the molecule is CC(C)C1=CC=COC1N. The van der Waals surface area contributed by atoms with E-state index in [1.807, 2.05) is 12.2 Å². The van der Waals surface area contributed by atoms with Gasteiger partial charge in [-0.2, -0.15) is 0 Å². The second kappa shape index (κ2) is 2.88. The van der Waals surface area contributed by atoms with E-state index < -0.39 is 0 Å². The van der Waals surface area contributed by atoms with Crippen molar-refractivity contribution in [1.82, 2.24) is 0 Å². The molecule has 1 heterocycles. The number of hydrogen-bond acceptors (Lipinski definition) is 2. The minimum Gasteiger partial charge on any atom is -0.479 e. The summed E-state index contributed by atoms with van der Waals surface area (Å²) in [6.45, 7) is 4.21. The predicted octanol–water partition coefficient (Wildman–Crippen LogP) is 1.40. The highest BCUT2D eigenvalue weighted by atomic mass is 16.5. The van der Waals surface area contributed by atoms with E-state index in [-0.39, 0.29) is 6.23 Å². The summed E-state index contributed by atoms with van der Waals surface area (Å²) >= 11 is 0. The average molecular weight is 139 g/mol. The number of nitrogens with two attached hydrogens (primary N) is 1. The van der Waals surface area contributed by atoms with Gasteiger partial charge < -0.3 is 4.74 Å². The molecule has 0 saturated carbocycles. The summed E-state index contributed by atoms with van der Waals surface area (Å²) in [5.74, 6) is 0.472. The van der Waals surface area contributed by atoms with Crippen LogP contribution < -0.4 is 5.73 Å². The summed E-state index contributed by atoms with van der Waals surface area (Å²) in [5.41, 5.74) is 6.79. The van der Waals surface area contributed by atoms with Crippen LogP contribution in [-0.4, -0.2) is 6.23 Å². The smallest absolute Gasteiger partial charge is 0.169 e. The van der Waals surface area contributed by atoms with Crippen molar-refractivity contribution < 1.29 is 4.74 Å². The highest BCUT2D eigenvalue weighted by Gasteiger charge is 2.13. The first-order valence-electron chi connectivity index (χ1n) is 3.49. The highest BCUT2D eigenvalue weighted by molar-refractivity contribution is 5.19. The van der Waals surface area contributed by atoms with Crippen LogP contribution in [0.4, 0.5) is 0 Å². The van der Waals surface area contributed by atoms with Crippen molar-refractivity contribution >= 4 is 0 Å². The van der Waals surface area contributed by atoms with E-state index in [0.717, 1.165) is 5.57 Å². The van der Waals surface area contributed by atoms with Crippen molar-refractivity contribution in [3.63, 3.8) is 0 Å². The van der Waals surface area contributed by atoms with Crippen LogP contribution in [0, 0.1) is 5.92 Å². The minimum absolute atomic E-state index is 0.231. The molecule has 10 heavy (non-hydrogen) atoms. The van der Waals surface area contributed by atoms with E-state index in [1.54, 1.807) is 6.26 Å². The second-order valence-corrected chi connectivity index (χ2v) is 2.71. The van der Waals surface area contributed by atoms with Crippen LogP contribution in [-0.2, 0) is 4.74 Å². The lowest BCUT2D eigenvalue weighted by Crippen LogP contribution is -2.28. The van der Waals surface area contributed by atoms with Crippen molar-refractivity contribution in [2.45, 2.75) is 20.1 Å². The topological polar surface area (TPSA) is 35.2 Å². The zero-order chi connectivity index (χ0) is 7.56. The molecule has 0 saturated heterocycles. The highest BCUT2D eigenvalue weighted by Crippen LogP contribution is 2.16. The molecule has 1 aliphatic heterocycles. The average Bonchev–Trinajstić information content (AvgIpc) is 1.88. The fourth-order valence-electron chi connectivity index (χ4n) is 0.975. The Morgan fingerprint density at radius 3 is 2.70 bits per heavy atom. The molecule has 1 rings (SSSR count). The van der Waals surface area contributed by atoms with Gasteiger partial charge in [-0.1, -0.05) is 19.9 Å². The Morgan fingerprint density at radius 2 is 2.30 bits per heavy atom. The third kappa shape index (κ3) is 1.39. The monoisotopic (exact) mass is 139 g/mol. The van der Waals surface area contributed by atoms with Crippen LogP contribution in [0.1, 0.15) is 13.8 Å². The van der Waals surface area contributed by atoms with Crippen LogP contribution in [0.25, 0.3) is 0 Å². The molecular weight excluding hydrogens is 126 g/mol. The standard InChI is InChI=1S/C8H13NO/c1-6(2)7-4-3-5-10-8(7)9/h3-6,8H,9H2,1-2H3. The van der Waals surface area contributed by atoms with Crippen LogP contribution in [0.5, 0.6) is 0 Å². The molecule has 0 aromatic rings. The Morgan fingerprint density at radius 1 is 1.60 bits per heavy atom. The molecule has 0 fully saturated rings. The van der Waals surface area contributed by atoms with Crippen LogP contribution in [0.3, 0.4) is 0 Å². The van der Waals surface area contributed by atoms with Crippen molar-refractivity contribution in [2.24, 2.45) is 11.7 Å². The zero-order valence-electron chi connectivity index (χ0n) is 6.37. The summed E-state index contributed by atoms with van der Waals surface area (Å²) in [5, 5.41) is 0. The normalized spacial score (nSPS) is 24.4. The van der Waals surface area contributed by atoms with Crippen molar-refractivity contribution in [3.05, 3.63) is 24.0 Å². The second-order valence-electron chi connectivity index (χ2n) is 2.71. The van der Waals surface area contributed by atoms with Gasteiger partial charge in [-0.15, -0.1) is 0 Å². The van der Waals surface area contributed by atoms with Crippen LogP contribution in [0.2, 0.25) is 0 Å². The molecule has 0 radical (unpaired) electrons. The fraction of sp³-hybridized carbons (Fsp3) is 0.500. The first kappa shape index (κ1) is 7.35. The summed E-state index contributed by atoms with van der Waals surface area (Å²) in [4.78, 5) is 0. The van der Waals surface area contributed by atoms with Crippen LogP contribution >= 0.6 is 0 Å². The third-order valence-electron chi connectivity index (χ3n) is 1.59. The Balaban J connectivity index is 2.70. The van der Waals surface area contributed by atoms with Crippen molar-refractivity contribution in [1.29, 1.82) is 0 Å². The van der Waals surface area contributed by atoms with Gasteiger partial charge in [0, 0.05) is 0 Å². The van der Waals surface area contributed by atoms with E-state index in [9.17, 15) is 0 Å². The summed E-state index contributed by atoms with van der Waals surface area (Å²) in [7, 11) is 0. The van der Waals surface area contributed by atoms with Gasteiger partial charge in [0.15, 0.2) is 6.23 Å². The van der Waals surface area contributed by atoms with E-state index in [1.165, 1.54) is 0 Å². The first-order chi connectivity index (χ1) is 4.72. The maximum atomic E-state index is 5.64. The first-order valence-corrected chi connectivity index (χ1v) is 3.49. The molecule has 0 aromatic heterocycles. The Kier molecular flexibility index (Phi) is 2.12. The quantitative estimate of drug-likeness (QED) is 0.596. The van der Waals surface area contributed by atoms with Gasteiger partial charge in [0.25, 0.3) is 0 Å². The van der Waals surface area contributed by atoms with Gasteiger partial charge in [0.1, 0.15) is 0 Å². The van der Waals surface area contributed by atoms with Gasteiger partial charge >= 0.3 is 0 Å². The predicted molar refractivity (Wildman–Crippen MR) is 41.1 cm³/mol. The van der Waals surface area contributed by atoms with Crippen molar-refractivity contribution in [3.8, 4) is 0 Å². The van der Waals surface area contributed by atoms with Crippen molar-refractivity contribution in [2.75, 3.05) is 0 Å². The van der Waals surface area contributed by atoms with Crippen LogP contribution in [0.15, 0.2) is 24.0 Å². The molecule has 2 nitrogen and oxygen atoms in total. The van der Waals surface area contributed by atoms with E-state index in [2.05, 4.69) is 13.8 Å². The number of hydrogen-bond donors (Lipinski definition) is 1. The lowest BCUT2D eigenvalue weighted by molar-refractivity contribution is 0.169. The maximum absolute atomic E-state index is 5.64.